The van der Waals surface area contributed by atoms with Crippen LogP contribution in [0.25, 0.3) is 0 Å². The zero-order valence-electron chi connectivity index (χ0n) is 11.6. The van der Waals surface area contributed by atoms with Crippen molar-refractivity contribution >= 4 is 5.97 Å². The number of halogens is 1. The van der Waals surface area contributed by atoms with Gasteiger partial charge in [0, 0.05) is 19.6 Å². The van der Waals surface area contributed by atoms with E-state index in [0.717, 1.165) is 0 Å². The molecule has 0 amide bonds. The van der Waals surface area contributed by atoms with Crippen LogP contribution in [0.15, 0.2) is 18.2 Å². The summed E-state index contributed by atoms with van der Waals surface area (Å²) in [7, 11) is 3.78. The first-order valence-electron chi connectivity index (χ1n) is 6.19. The summed E-state index contributed by atoms with van der Waals surface area (Å²) in [5.74, 6) is -1.37. The second-order valence-corrected chi connectivity index (χ2v) is 4.82. The van der Waals surface area contributed by atoms with Crippen LogP contribution >= 0.6 is 0 Å². The maximum atomic E-state index is 13.3. The first kappa shape index (κ1) is 16.1. The van der Waals surface area contributed by atoms with Gasteiger partial charge in [-0.25, -0.2) is 4.39 Å². The molecule has 0 radical (unpaired) electrons. The lowest BCUT2D eigenvalue weighted by Gasteiger charge is -2.22. The zero-order valence-corrected chi connectivity index (χ0v) is 11.6. The van der Waals surface area contributed by atoms with E-state index in [1.165, 1.54) is 18.2 Å². The number of carboxylic acids is 1. The zero-order chi connectivity index (χ0) is 15.1. The van der Waals surface area contributed by atoms with Gasteiger partial charge in [-0.1, -0.05) is 0 Å². The lowest BCUT2D eigenvalue weighted by Crippen LogP contribution is -2.35. The number of carboxylic acid groups (broad SMARTS) is 1. The predicted molar refractivity (Wildman–Crippen MR) is 72.6 cm³/mol. The standard InChI is InChI=1S/C14H18FN3O2/c1-17(2)5-6-18(10-14(19)20)9-12-7-13(15)4-3-11(12)8-16/h3-4,7H,5-6,9-10H2,1-2H3,(H,19,20). The van der Waals surface area contributed by atoms with Gasteiger partial charge in [0.1, 0.15) is 5.82 Å². The fourth-order valence-electron chi connectivity index (χ4n) is 1.79. The molecule has 6 heteroatoms. The van der Waals surface area contributed by atoms with Crippen molar-refractivity contribution in [1.82, 2.24) is 9.80 Å². The quantitative estimate of drug-likeness (QED) is 0.811. The Morgan fingerprint density at radius 2 is 2.10 bits per heavy atom. The molecule has 0 saturated carbocycles. The maximum Gasteiger partial charge on any atom is 0.317 e. The Balaban J connectivity index is 2.85. The van der Waals surface area contributed by atoms with E-state index in [2.05, 4.69) is 0 Å². The Bertz CT molecular complexity index is 512. The van der Waals surface area contributed by atoms with Crippen molar-refractivity contribution < 1.29 is 14.3 Å². The number of likely N-dealkylation sites (N-methyl/N-ethyl adjacent to an activating group) is 1. The number of carbonyl (C=O) groups is 1. The predicted octanol–water partition coefficient (Wildman–Crippen LogP) is 1.15. The van der Waals surface area contributed by atoms with Gasteiger partial charge in [-0.2, -0.15) is 5.26 Å². The van der Waals surface area contributed by atoms with Crippen LogP contribution in [0.2, 0.25) is 0 Å². The molecule has 1 rings (SSSR count). The molecule has 0 aliphatic rings. The van der Waals surface area contributed by atoms with E-state index in [-0.39, 0.29) is 13.1 Å². The highest BCUT2D eigenvalue weighted by molar-refractivity contribution is 5.69. The molecule has 0 spiro atoms. The molecule has 5 nitrogen and oxygen atoms in total. The summed E-state index contributed by atoms with van der Waals surface area (Å²) >= 11 is 0. The van der Waals surface area contributed by atoms with Gasteiger partial charge in [0.2, 0.25) is 0 Å². The molecule has 0 aromatic heterocycles. The smallest absolute Gasteiger partial charge is 0.317 e. The highest BCUT2D eigenvalue weighted by atomic mass is 19.1. The third-order valence-electron chi connectivity index (χ3n) is 2.80. The lowest BCUT2D eigenvalue weighted by atomic mass is 10.1. The van der Waals surface area contributed by atoms with Crippen LogP contribution < -0.4 is 0 Å². The average Bonchev–Trinajstić information content (AvgIpc) is 2.35. The maximum absolute atomic E-state index is 13.3. The van der Waals surface area contributed by atoms with E-state index in [4.69, 9.17) is 10.4 Å². The van der Waals surface area contributed by atoms with Crippen molar-refractivity contribution in [3.63, 3.8) is 0 Å². The monoisotopic (exact) mass is 279 g/mol. The number of benzene rings is 1. The fraction of sp³-hybridized carbons (Fsp3) is 0.429. The molecule has 0 aliphatic heterocycles. The molecule has 0 unspecified atom stereocenters. The number of hydrogen-bond donors (Lipinski definition) is 1. The lowest BCUT2D eigenvalue weighted by molar-refractivity contribution is -0.138. The molecule has 108 valence electrons. The molecule has 1 N–H and O–H groups in total. The van der Waals surface area contributed by atoms with Gasteiger partial charge in [0.15, 0.2) is 0 Å². The van der Waals surface area contributed by atoms with Gasteiger partial charge in [0.05, 0.1) is 18.2 Å². The minimum Gasteiger partial charge on any atom is -0.480 e. The van der Waals surface area contributed by atoms with Crippen LogP contribution in [0.4, 0.5) is 4.39 Å². The van der Waals surface area contributed by atoms with E-state index in [1.807, 2.05) is 25.1 Å². The van der Waals surface area contributed by atoms with Crippen molar-refractivity contribution in [3.8, 4) is 6.07 Å². The number of rotatable bonds is 7. The third-order valence-corrected chi connectivity index (χ3v) is 2.80. The third kappa shape index (κ3) is 5.34. The summed E-state index contributed by atoms with van der Waals surface area (Å²) in [6, 6.07) is 5.91. The molecular formula is C14H18FN3O2. The van der Waals surface area contributed by atoms with Crippen molar-refractivity contribution in [3.05, 3.63) is 35.1 Å². The first-order chi connectivity index (χ1) is 9.42. The fourth-order valence-corrected chi connectivity index (χ4v) is 1.79. The van der Waals surface area contributed by atoms with Gasteiger partial charge in [-0.15, -0.1) is 0 Å². The molecule has 20 heavy (non-hydrogen) atoms. The summed E-state index contributed by atoms with van der Waals surface area (Å²) < 4.78 is 13.3. The van der Waals surface area contributed by atoms with Crippen molar-refractivity contribution in [2.75, 3.05) is 33.7 Å². The van der Waals surface area contributed by atoms with E-state index < -0.39 is 11.8 Å². The van der Waals surface area contributed by atoms with Gasteiger partial charge < -0.3 is 10.0 Å². The molecule has 0 bridgehead atoms. The van der Waals surface area contributed by atoms with Gasteiger partial charge in [-0.05, 0) is 37.9 Å². The molecule has 0 aliphatic carbocycles. The van der Waals surface area contributed by atoms with Crippen molar-refractivity contribution in [1.29, 1.82) is 5.26 Å². The van der Waals surface area contributed by atoms with E-state index >= 15 is 0 Å². The van der Waals surface area contributed by atoms with E-state index in [1.54, 1.807) is 4.90 Å². The molecule has 1 aromatic rings. The Kier molecular flexibility index (Phi) is 6.10. The molecule has 0 atom stereocenters. The van der Waals surface area contributed by atoms with Crippen LogP contribution in [0.3, 0.4) is 0 Å². The minimum atomic E-state index is -0.946. The normalized spacial score (nSPS) is 10.8. The topological polar surface area (TPSA) is 67.6 Å². The summed E-state index contributed by atoms with van der Waals surface area (Å²) in [5.41, 5.74) is 0.874. The minimum absolute atomic E-state index is 0.144. The van der Waals surface area contributed by atoms with Gasteiger partial charge >= 0.3 is 5.97 Å². The average molecular weight is 279 g/mol. The Labute approximate surface area is 117 Å². The van der Waals surface area contributed by atoms with Crippen LogP contribution in [0, 0.1) is 17.1 Å². The van der Waals surface area contributed by atoms with E-state index in [0.29, 0.717) is 24.2 Å². The Hall–Kier alpha value is -1.97. The van der Waals surface area contributed by atoms with Crippen LogP contribution in [0.5, 0.6) is 0 Å². The highest BCUT2D eigenvalue weighted by Gasteiger charge is 2.13. The van der Waals surface area contributed by atoms with Crippen LogP contribution in [-0.4, -0.2) is 54.6 Å². The SMILES string of the molecule is CN(C)CCN(CC(=O)O)Cc1cc(F)ccc1C#N. The second kappa shape index (κ2) is 7.58. The van der Waals surface area contributed by atoms with Crippen LogP contribution in [0.1, 0.15) is 11.1 Å². The van der Waals surface area contributed by atoms with Gasteiger partial charge in [0.25, 0.3) is 0 Å². The molecular weight excluding hydrogens is 261 g/mol. The summed E-state index contributed by atoms with van der Waals surface area (Å²) in [4.78, 5) is 14.5. The largest absolute Gasteiger partial charge is 0.480 e. The summed E-state index contributed by atoms with van der Waals surface area (Å²) in [6.45, 7) is 1.31. The Morgan fingerprint density at radius 1 is 1.40 bits per heavy atom. The molecule has 0 heterocycles. The van der Waals surface area contributed by atoms with Crippen molar-refractivity contribution in [2.45, 2.75) is 6.54 Å². The number of hydrogen-bond acceptors (Lipinski definition) is 4. The number of nitrogens with zero attached hydrogens (tertiary/aromatic N) is 3. The Morgan fingerprint density at radius 3 is 2.65 bits per heavy atom. The molecule has 0 fully saturated rings. The molecule has 1 aromatic carbocycles. The van der Waals surface area contributed by atoms with E-state index in [9.17, 15) is 9.18 Å². The first-order valence-corrected chi connectivity index (χ1v) is 6.19. The molecule has 0 saturated heterocycles. The second-order valence-electron chi connectivity index (χ2n) is 4.82. The van der Waals surface area contributed by atoms with Gasteiger partial charge in [-0.3, -0.25) is 9.69 Å². The summed E-state index contributed by atoms with van der Waals surface area (Å²) in [5, 5.41) is 17.9. The van der Waals surface area contributed by atoms with Crippen LogP contribution in [-0.2, 0) is 11.3 Å². The summed E-state index contributed by atoms with van der Waals surface area (Å²) in [6.07, 6.45) is 0. The highest BCUT2D eigenvalue weighted by Crippen LogP contribution is 2.13. The van der Waals surface area contributed by atoms with Crippen molar-refractivity contribution in [2.24, 2.45) is 0 Å². The number of aliphatic carboxylic acids is 1. The number of nitriles is 1.